The predicted octanol–water partition coefficient (Wildman–Crippen LogP) is 0.688. The number of methoxy groups -OCH3 is 1. The number of thioether (sulfide) groups is 1. The molecule has 0 amide bonds. The van der Waals surface area contributed by atoms with Gasteiger partial charge < -0.3 is 14.6 Å². The zero-order valence-corrected chi connectivity index (χ0v) is 13.4. The zero-order chi connectivity index (χ0) is 15.2. The average Bonchev–Trinajstić information content (AvgIpc) is 2.92. The molecule has 1 N–H and O–H groups in total. The number of carboxylic acids is 1. The van der Waals surface area contributed by atoms with E-state index < -0.39 is 5.97 Å². The first-order chi connectivity index (χ1) is 10.1. The largest absolute Gasteiger partial charge is 0.550 e. The van der Waals surface area contributed by atoms with Crippen LogP contribution in [0.3, 0.4) is 0 Å². The summed E-state index contributed by atoms with van der Waals surface area (Å²) in [5.74, 6) is -1.09. The summed E-state index contributed by atoms with van der Waals surface area (Å²) < 4.78 is 5.03. The van der Waals surface area contributed by atoms with Crippen LogP contribution in [0.5, 0.6) is 0 Å². The molecule has 2 rings (SSSR count). The molecule has 0 fully saturated rings. The predicted molar refractivity (Wildman–Crippen MR) is 83.8 cm³/mol. The maximum Gasteiger partial charge on any atom is 0.178 e. The van der Waals surface area contributed by atoms with Gasteiger partial charge in [0.05, 0.1) is 28.5 Å². The normalized spacial score (nSPS) is 21.7. The van der Waals surface area contributed by atoms with Crippen molar-refractivity contribution in [1.29, 1.82) is 0 Å². The molecule has 0 bridgehead atoms. The van der Waals surface area contributed by atoms with E-state index in [4.69, 9.17) is 4.74 Å². The number of nitrogens with zero attached hydrogens (tertiary/aromatic N) is 2. The molecule has 6 nitrogen and oxygen atoms in total. The van der Waals surface area contributed by atoms with Crippen LogP contribution in [-0.4, -0.2) is 41.9 Å². The topological polar surface area (TPSA) is 86.1 Å². The fourth-order valence-corrected chi connectivity index (χ4v) is 3.83. The number of hydrazone groups is 1. The van der Waals surface area contributed by atoms with Crippen LogP contribution in [0.2, 0.25) is 0 Å². The highest BCUT2D eigenvalue weighted by molar-refractivity contribution is 8.15. The molecule has 1 aromatic heterocycles. The molecule has 1 aliphatic rings. The van der Waals surface area contributed by atoms with E-state index in [0.717, 1.165) is 10.6 Å². The lowest BCUT2D eigenvalue weighted by molar-refractivity contribution is -0.305. The van der Waals surface area contributed by atoms with Crippen molar-refractivity contribution in [2.24, 2.45) is 10.1 Å². The van der Waals surface area contributed by atoms with Crippen molar-refractivity contribution in [1.82, 2.24) is 5.43 Å². The molecule has 8 heteroatoms. The third-order valence-electron chi connectivity index (χ3n) is 2.70. The number of nitrogens with one attached hydrogen (secondary N) is 1. The first-order valence-corrected chi connectivity index (χ1v) is 8.16. The van der Waals surface area contributed by atoms with Crippen LogP contribution in [0.25, 0.3) is 0 Å². The minimum atomic E-state index is -1.09. The summed E-state index contributed by atoms with van der Waals surface area (Å²) in [4.78, 5) is 16.3. The minimum absolute atomic E-state index is 0.0212. The number of ether oxygens (including phenoxy) is 1. The second kappa shape index (κ2) is 7.58. The SMILES string of the molecule is COC[C@H](C)N=C1NN=C(c2cccs2)[C@H](CC(=O)[O-])S1. The quantitative estimate of drug-likeness (QED) is 0.831. The number of carbonyl (C=O) groups is 1. The molecule has 0 spiro atoms. The third kappa shape index (κ3) is 4.55. The Morgan fingerprint density at radius 2 is 2.48 bits per heavy atom. The molecule has 2 heterocycles. The molecule has 1 aromatic rings. The van der Waals surface area contributed by atoms with Gasteiger partial charge in [0.2, 0.25) is 0 Å². The number of aliphatic imine (C=N–C) groups is 1. The van der Waals surface area contributed by atoms with E-state index in [1.54, 1.807) is 7.11 Å². The number of thiophene rings is 1. The summed E-state index contributed by atoms with van der Waals surface area (Å²) in [6.07, 6.45) is -0.0965. The van der Waals surface area contributed by atoms with Crippen LogP contribution < -0.4 is 10.5 Å². The van der Waals surface area contributed by atoms with E-state index >= 15 is 0 Å². The summed E-state index contributed by atoms with van der Waals surface area (Å²) in [6.45, 7) is 2.42. The van der Waals surface area contributed by atoms with Crippen LogP contribution in [-0.2, 0) is 9.53 Å². The smallest absolute Gasteiger partial charge is 0.178 e. The van der Waals surface area contributed by atoms with Crippen molar-refractivity contribution in [3.8, 4) is 0 Å². The molecular formula is C13H16N3O3S2-. The van der Waals surface area contributed by atoms with E-state index in [0.29, 0.717) is 11.8 Å². The van der Waals surface area contributed by atoms with Gasteiger partial charge in [0.25, 0.3) is 0 Å². The number of aliphatic carboxylic acids is 1. The van der Waals surface area contributed by atoms with Crippen LogP contribution in [0.4, 0.5) is 0 Å². The van der Waals surface area contributed by atoms with Crippen molar-refractivity contribution >= 4 is 39.9 Å². The Morgan fingerprint density at radius 3 is 3.10 bits per heavy atom. The number of hydrogen-bond acceptors (Lipinski definition) is 7. The van der Waals surface area contributed by atoms with Crippen LogP contribution in [0, 0.1) is 0 Å². The first-order valence-electron chi connectivity index (χ1n) is 6.41. The molecular weight excluding hydrogens is 310 g/mol. The monoisotopic (exact) mass is 326 g/mol. The van der Waals surface area contributed by atoms with Gasteiger partial charge >= 0.3 is 0 Å². The summed E-state index contributed by atoms with van der Waals surface area (Å²) in [7, 11) is 1.62. The van der Waals surface area contributed by atoms with E-state index in [1.807, 2.05) is 24.4 Å². The molecule has 0 aromatic carbocycles. The maximum atomic E-state index is 11.0. The summed E-state index contributed by atoms with van der Waals surface area (Å²) >= 11 is 2.88. The summed E-state index contributed by atoms with van der Waals surface area (Å²) in [5, 5.41) is 17.5. The molecule has 0 saturated heterocycles. The lowest BCUT2D eigenvalue weighted by Gasteiger charge is -2.24. The van der Waals surface area contributed by atoms with Crippen molar-refractivity contribution in [2.75, 3.05) is 13.7 Å². The minimum Gasteiger partial charge on any atom is -0.550 e. The highest BCUT2D eigenvalue weighted by Gasteiger charge is 2.26. The first kappa shape index (κ1) is 16.0. The Bertz CT molecular complexity index is 543. The van der Waals surface area contributed by atoms with Crippen molar-refractivity contribution in [3.63, 3.8) is 0 Å². The zero-order valence-electron chi connectivity index (χ0n) is 11.7. The van der Waals surface area contributed by atoms with E-state index in [1.165, 1.54) is 23.1 Å². The lowest BCUT2D eigenvalue weighted by Crippen LogP contribution is -2.37. The Morgan fingerprint density at radius 1 is 1.67 bits per heavy atom. The van der Waals surface area contributed by atoms with Gasteiger partial charge in [-0.15, -0.1) is 11.3 Å². The average molecular weight is 326 g/mol. The standard InChI is InChI=1S/C13H17N3O3S2/c1-8(7-19-2)14-13-16-15-12(9-4-3-5-20-9)10(21-13)6-11(17)18/h3-5,8,10H,6-7H2,1-2H3,(H,14,16)(H,17,18)/p-1/t8-,10-/m0/s1. The molecule has 2 atom stereocenters. The molecule has 0 aliphatic carbocycles. The van der Waals surface area contributed by atoms with E-state index in [9.17, 15) is 9.90 Å². The fourth-order valence-electron chi connectivity index (χ4n) is 1.86. The van der Waals surface area contributed by atoms with Crippen molar-refractivity contribution in [3.05, 3.63) is 22.4 Å². The van der Waals surface area contributed by atoms with Gasteiger partial charge in [-0.2, -0.15) is 5.10 Å². The lowest BCUT2D eigenvalue weighted by atomic mass is 10.1. The van der Waals surface area contributed by atoms with E-state index in [2.05, 4.69) is 15.5 Å². The summed E-state index contributed by atoms with van der Waals surface area (Å²) in [6, 6.07) is 3.81. The fraction of sp³-hybridized carbons (Fsp3) is 0.462. The number of carbonyl (C=O) groups excluding carboxylic acids is 1. The second-order valence-corrected chi connectivity index (χ2v) is 6.65. The van der Waals surface area contributed by atoms with Crippen LogP contribution >= 0.6 is 23.1 Å². The van der Waals surface area contributed by atoms with Gasteiger partial charge in [0.1, 0.15) is 0 Å². The third-order valence-corrected chi connectivity index (χ3v) is 4.69. The molecule has 1 aliphatic heterocycles. The Hall–Kier alpha value is -1.38. The molecule has 114 valence electrons. The van der Waals surface area contributed by atoms with Crippen molar-refractivity contribution in [2.45, 2.75) is 24.6 Å². The van der Waals surface area contributed by atoms with Gasteiger partial charge in [-0.05, 0) is 18.4 Å². The van der Waals surface area contributed by atoms with Gasteiger partial charge in [-0.25, -0.2) is 0 Å². The molecule has 0 saturated carbocycles. The Kier molecular flexibility index (Phi) is 5.77. The second-order valence-electron chi connectivity index (χ2n) is 4.51. The Labute approximate surface area is 131 Å². The maximum absolute atomic E-state index is 11.0. The number of rotatable bonds is 6. The highest BCUT2D eigenvalue weighted by Crippen LogP contribution is 2.26. The van der Waals surface area contributed by atoms with E-state index in [-0.39, 0.29) is 17.7 Å². The van der Waals surface area contributed by atoms with Gasteiger partial charge in [-0.1, -0.05) is 17.8 Å². The van der Waals surface area contributed by atoms with Gasteiger partial charge in [0.15, 0.2) is 5.17 Å². The van der Waals surface area contributed by atoms with Gasteiger partial charge in [-0.3, -0.25) is 10.4 Å². The van der Waals surface area contributed by atoms with Crippen LogP contribution in [0.1, 0.15) is 18.2 Å². The number of carboxylic acid groups (broad SMARTS) is 1. The number of amidine groups is 1. The van der Waals surface area contributed by atoms with Crippen LogP contribution in [0.15, 0.2) is 27.6 Å². The molecule has 0 radical (unpaired) electrons. The Balaban J connectivity index is 2.18. The highest BCUT2D eigenvalue weighted by atomic mass is 32.2. The van der Waals surface area contributed by atoms with Gasteiger partial charge in [0, 0.05) is 19.5 Å². The number of hydrogen-bond donors (Lipinski definition) is 1. The van der Waals surface area contributed by atoms with Crippen molar-refractivity contribution < 1.29 is 14.6 Å². The molecule has 0 unspecified atom stereocenters. The summed E-state index contributed by atoms with van der Waals surface area (Å²) in [5.41, 5.74) is 3.61. The molecule has 21 heavy (non-hydrogen) atoms.